The molecule has 23 heavy (non-hydrogen) atoms. The molecule has 0 N–H and O–H groups in total. The van der Waals surface area contributed by atoms with Crippen LogP contribution in [-0.2, 0) is 14.6 Å². The summed E-state index contributed by atoms with van der Waals surface area (Å²) < 4.78 is 23.1. The second-order valence-corrected chi connectivity index (χ2v) is 8.79. The summed E-state index contributed by atoms with van der Waals surface area (Å²) >= 11 is 10.4. The molecule has 1 atom stereocenters. The minimum Gasteiger partial charge on any atom is -0.294 e. The average Bonchev–Trinajstić information content (AvgIpc) is 2.45. The molecule has 0 aliphatic heterocycles. The number of benzene rings is 1. The van der Waals surface area contributed by atoms with Crippen LogP contribution >= 0.6 is 24.2 Å². The van der Waals surface area contributed by atoms with Gasteiger partial charge in [0.05, 0.1) is 15.5 Å². The fourth-order valence-electron chi connectivity index (χ4n) is 2.60. The van der Waals surface area contributed by atoms with Crippen molar-refractivity contribution in [2.45, 2.75) is 36.3 Å². The number of carbonyl (C=O) groups is 2. The van der Waals surface area contributed by atoms with Crippen LogP contribution in [0.15, 0.2) is 34.2 Å². The van der Waals surface area contributed by atoms with E-state index in [1.54, 1.807) is 0 Å². The molecule has 1 aromatic carbocycles. The maximum absolute atomic E-state index is 12.8. The van der Waals surface area contributed by atoms with E-state index in [0.717, 1.165) is 11.8 Å². The zero-order valence-electron chi connectivity index (χ0n) is 12.8. The minimum absolute atomic E-state index is 0.0231. The molecule has 2 rings (SSSR count). The lowest BCUT2D eigenvalue weighted by atomic mass is 9.85. The zero-order valence-corrected chi connectivity index (χ0v) is 15.3. The summed E-state index contributed by atoms with van der Waals surface area (Å²) in [7, 11) is -3.41. The fraction of sp³-hybridized carbons (Fsp3) is 0.375. The van der Waals surface area contributed by atoms with Gasteiger partial charge in [-0.15, -0.1) is 0 Å². The molecule has 1 aliphatic carbocycles. The van der Waals surface area contributed by atoms with Crippen molar-refractivity contribution in [2.75, 3.05) is 6.26 Å². The van der Waals surface area contributed by atoms with E-state index in [1.165, 1.54) is 18.2 Å². The van der Waals surface area contributed by atoms with Crippen LogP contribution in [0.25, 0.3) is 0 Å². The van der Waals surface area contributed by atoms with Gasteiger partial charge < -0.3 is 0 Å². The number of Topliss-reactive ketones (excluding diaryl/α,β-unsaturated/α-hetero) is 2. The number of ketones is 2. The van der Waals surface area contributed by atoms with Crippen LogP contribution in [0.3, 0.4) is 0 Å². The molecular weight excluding hydrogens is 356 g/mol. The molecular formula is C16H17ClO4S2. The predicted octanol–water partition coefficient (Wildman–Crippen LogP) is 3.29. The van der Waals surface area contributed by atoms with Crippen molar-refractivity contribution in [1.29, 1.82) is 0 Å². The first kappa shape index (κ1) is 18.2. The predicted molar refractivity (Wildman–Crippen MR) is 93.2 cm³/mol. The van der Waals surface area contributed by atoms with Crippen molar-refractivity contribution in [3.8, 4) is 0 Å². The summed E-state index contributed by atoms with van der Waals surface area (Å²) in [6.45, 7) is 1.82. The second-order valence-electron chi connectivity index (χ2n) is 5.60. The number of allylic oxidation sites excluding steroid dienone is 1. The van der Waals surface area contributed by atoms with Crippen LogP contribution in [0.2, 0.25) is 5.02 Å². The lowest BCUT2D eigenvalue weighted by Gasteiger charge is -2.21. The lowest BCUT2D eigenvalue weighted by molar-refractivity contribution is -0.115. The Bertz CT molecular complexity index is 807. The molecule has 0 amide bonds. The highest BCUT2D eigenvalue weighted by Crippen LogP contribution is 2.31. The van der Waals surface area contributed by atoms with Crippen LogP contribution in [0.5, 0.6) is 0 Å². The van der Waals surface area contributed by atoms with E-state index < -0.39 is 15.6 Å². The molecule has 0 fully saturated rings. The van der Waals surface area contributed by atoms with Gasteiger partial charge in [-0.2, -0.15) is 12.6 Å². The number of hydrogen-bond acceptors (Lipinski definition) is 5. The summed E-state index contributed by atoms with van der Waals surface area (Å²) in [5.74, 6) is -0.670. The van der Waals surface area contributed by atoms with E-state index >= 15 is 0 Å². The van der Waals surface area contributed by atoms with Crippen LogP contribution in [0.1, 0.15) is 36.5 Å². The van der Waals surface area contributed by atoms with Crippen molar-refractivity contribution in [3.05, 3.63) is 39.9 Å². The number of hydrogen-bond donors (Lipinski definition) is 1. The SMILES string of the molecule is CC(S)C1=C(C(=O)c2ccc(S(C)(=O)=O)cc2Cl)C(=O)CCC1. The molecule has 0 aromatic heterocycles. The Morgan fingerprint density at radius 3 is 2.48 bits per heavy atom. The van der Waals surface area contributed by atoms with Gasteiger partial charge in [0.15, 0.2) is 21.4 Å². The van der Waals surface area contributed by atoms with Gasteiger partial charge in [-0.1, -0.05) is 11.6 Å². The first-order chi connectivity index (χ1) is 10.6. The number of carbonyl (C=O) groups excluding carboxylic acids is 2. The third kappa shape index (κ3) is 3.87. The number of rotatable bonds is 4. The number of thiol groups is 1. The third-order valence-corrected chi connectivity index (χ3v) is 5.53. The smallest absolute Gasteiger partial charge is 0.198 e. The molecule has 1 unspecified atom stereocenters. The Balaban J connectivity index is 2.53. The van der Waals surface area contributed by atoms with Gasteiger partial charge in [0, 0.05) is 23.5 Å². The molecule has 1 aliphatic rings. The molecule has 124 valence electrons. The van der Waals surface area contributed by atoms with Gasteiger partial charge >= 0.3 is 0 Å². The van der Waals surface area contributed by atoms with Crippen molar-refractivity contribution in [1.82, 2.24) is 0 Å². The molecule has 0 bridgehead atoms. The zero-order chi connectivity index (χ0) is 17.4. The van der Waals surface area contributed by atoms with Crippen LogP contribution in [-0.4, -0.2) is 31.5 Å². The largest absolute Gasteiger partial charge is 0.294 e. The van der Waals surface area contributed by atoms with Gasteiger partial charge in [0.1, 0.15) is 0 Å². The molecule has 0 radical (unpaired) electrons. The van der Waals surface area contributed by atoms with Crippen molar-refractivity contribution in [3.63, 3.8) is 0 Å². The first-order valence-corrected chi connectivity index (χ1v) is 9.90. The molecule has 7 heteroatoms. The summed E-state index contributed by atoms with van der Waals surface area (Å²) in [6.07, 6.45) is 2.74. The Morgan fingerprint density at radius 1 is 1.30 bits per heavy atom. The van der Waals surface area contributed by atoms with E-state index in [-0.39, 0.29) is 32.1 Å². The standard InChI is InChI=1S/C16H17ClO4S2/c1-9(22)11-4-3-5-14(18)15(11)16(19)12-7-6-10(8-13(12)17)23(2,20)21/h6-9,22H,3-5H2,1-2H3. The molecule has 0 saturated carbocycles. The van der Waals surface area contributed by atoms with E-state index in [2.05, 4.69) is 12.6 Å². The molecule has 0 spiro atoms. The van der Waals surface area contributed by atoms with Crippen LogP contribution in [0.4, 0.5) is 0 Å². The molecule has 0 heterocycles. The second kappa shape index (κ2) is 6.79. The Labute approximate surface area is 146 Å². The Morgan fingerprint density at radius 2 is 1.96 bits per heavy atom. The van der Waals surface area contributed by atoms with Gasteiger partial charge in [0.2, 0.25) is 0 Å². The Kier molecular flexibility index (Phi) is 5.38. The molecule has 0 saturated heterocycles. The summed E-state index contributed by atoms with van der Waals surface area (Å²) in [6, 6.07) is 3.92. The highest BCUT2D eigenvalue weighted by Gasteiger charge is 2.29. The summed E-state index contributed by atoms with van der Waals surface area (Å²) in [5.41, 5.74) is 1.00. The van der Waals surface area contributed by atoms with Gasteiger partial charge in [-0.3, -0.25) is 9.59 Å². The number of sulfone groups is 1. The van der Waals surface area contributed by atoms with Gasteiger partial charge in [-0.05, 0) is 43.5 Å². The highest BCUT2D eigenvalue weighted by molar-refractivity contribution is 7.90. The highest BCUT2D eigenvalue weighted by atomic mass is 35.5. The number of halogens is 1. The van der Waals surface area contributed by atoms with Crippen LogP contribution < -0.4 is 0 Å². The lowest BCUT2D eigenvalue weighted by Crippen LogP contribution is -2.22. The van der Waals surface area contributed by atoms with Gasteiger partial charge in [-0.25, -0.2) is 8.42 Å². The summed E-state index contributed by atoms with van der Waals surface area (Å²) in [5, 5.41) is -0.178. The van der Waals surface area contributed by atoms with E-state index in [0.29, 0.717) is 19.3 Å². The first-order valence-electron chi connectivity index (χ1n) is 7.11. The Hall–Kier alpha value is -1.11. The summed E-state index contributed by atoms with van der Waals surface area (Å²) in [4.78, 5) is 25.0. The van der Waals surface area contributed by atoms with E-state index in [4.69, 9.17) is 11.6 Å². The quantitative estimate of drug-likeness (QED) is 0.500. The molecule has 1 aromatic rings. The van der Waals surface area contributed by atoms with E-state index in [1.807, 2.05) is 6.92 Å². The van der Waals surface area contributed by atoms with Crippen molar-refractivity contribution >= 4 is 45.6 Å². The fourth-order valence-corrected chi connectivity index (χ4v) is 3.84. The van der Waals surface area contributed by atoms with Crippen molar-refractivity contribution in [2.24, 2.45) is 0 Å². The van der Waals surface area contributed by atoms with Gasteiger partial charge in [0.25, 0.3) is 0 Å². The normalized spacial score (nSPS) is 17.3. The topological polar surface area (TPSA) is 68.3 Å². The van der Waals surface area contributed by atoms with Crippen molar-refractivity contribution < 1.29 is 18.0 Å². The average molecular weight is 373 g/mol. The maximum Gasteiger partial charge on any atom is 0.198 e. The minimum atomic E-state index is -3.41. The van der Waals surface area contributed by atoms with Crippen LogP contribution in [0, 0.1) is 0 Å². The molecule has 4 nitrogen and oxygen atoms in total. The monoisotopic (exact) mass is 372 g/mol. The third-order valence-electron chi connectivity index (χ3n) is 3.79. The van der Waals surface area contributed by atoms with E-state index in [9.17, 15) is 18.0 Å². The maximum atomic E-state index is 12.8.